The fourth-order valence-corrected chi connectivity index (χ4v) is 2.76. The van der Waals surface area contributed by atoms with Crippen molar-refractivity contribution in [3.8, 4) is 0 Å². The highest BCUT2D eigenvalue weighted by Gasteiger charge is 2.29. The van der Waals surface area contributed by atoms with Gasteiger partial charge < -0.3 is 10.1 Å². The van der Waals surface area contributed by atoms with E-state index in [4.69, 9.17) is 4.74 Å². The van der Waals surface area contributed by atoms with Gasteiger partial charge in [0.05, 0.1) is 0 Å². The maximum Gasteiger partial charge on any atom is 0.306 e. The number of carbonyl (C=O) groups excluding carboxylic acids is 4. The smallest absolute Gasteiger partial charge is 0.306 e. The van der Waals surface area contributed by atoms with Crippen LogP contribution < -0.4 is 5.32 Å². The topological polar surface area (TPSA) is 89.5 Å². The second-order valence-electron chi connectivity index (χ2n) is 5.94. The summed E-state index contributed by atoms with van der Waals surface area (Å²) in [5, 5.41) is 2.60. The van der Waals surface area contributed by atoms with Crippen molar-refractivity contribution in [1.82, 2.24) is 0 Å². The number of benzene rings is 2. The normalized spacial score (nSPS) is 13.5. The van der Waals surface area contributed by atoms with E-state index in [-0.39, 0.29) is 23.6 Å². The zero-order valence-electron chi connectivity index (χ0n) is 14.4. The van der Waals surface area contributed by atoms with Gasteiger partial charge in [-0.3, -0.25) is 19.2 Å². The van der Waals surface area contributed by atoms with Crippen LogP contribution in [0.2, 0.25) is 0 Å². The molecule has 0 saturated carbocycles. The predicted octanol–water partition coefficient (Wildman–Crippen LogP) is 2.74. The molecule has 0 spiro atoms. The Morgan fingerprint density at radius 2 is 1.54 bits per heavy atom. The third-order valence-electron chi connectivity index (χ3n) is 4.16. The predicted molar refractivity (Wildman–Crippen MR) is 94.2 cm³/mol. The van der Waals surface area contributed by atoms with Crippen molar-refractivity contribution in [2.75, 3.05) is 5.32 Å². The number of nitrogens with one attached hydrogen (secondary N) is 1. The van der Waals surface area contributed by atoms with Crippen LogP contribution in [0, 0.1) is 0 Å². The van der Waals surface area contributed by atoms with E-state index in [0.717, 1.165) is 0 Å². The summed E-state index contributed by atoms with van der Waals surface area (Å²) in [7, 11) is 0. The number of rotatable bonds is 4. The van der Waals surface area contributed by atoms with Crippen LogP contribution in [0.5, 0.6) is 0 Å². The van der Waals surface area contributed by atoms with Crippen molar-refractivity contribution >= 4 is 29.1 Å². The molecule has 0 fully saturated rings. The Balaban J connectivity index is 1.85. The minimum atomic E-state index is -0.962. The van der Waals surface area contributed by atoms with Crippen molar-refractivity contribution in [3.05, 3.63) is 64.7 Å². The molecular weight excluding hydrogens is 334 g/mol. The van der Waals surface area contributed by atoms with E-state index < -0.39 is 18.0 Å². The highest BCUT2D eigenvalue weighted by atomic mass is 16.5. The lowest BCUT2D eigenvalue weighted by Gasteiger charge is -2.19. The first kappa shape index (κ1) is 17.5. The molecule has 0 unspecified atom stereocenters. The summed E-state index contributed by atoms with van der Waals surface area (Å²) >= 11 is 0. The van der Waals surface area contributed by atoms with Gasteiger partial charge in [-0.1, -0.05) is 31.2 Å². The van der Waals surface area contributed by atoms with Crippen molar-refractivity contribution < 1.29 is 23.9 Å². The number of anilines is 1. The number of fused-ring (bicyclic) bond motifs is 2. The number of ketones is 2. The fraction of sp³-hybridized carbons (Fsp3) is 0.200. The molecule has 1 aliphatic carbocycles. The van der Waals surface area contributed by atoms with Crippen LogP contribution in [-0.4, -0.2) is 29.5 Å². The summed E-state index contributed by atoms with van der Waals surface area (Å²) < 4.78 is 4.96. The average Bonchev–Trinajstić information content (AvgIpc) is 2.65. The fourth-order valence-electron chi connectivity index (χ4n) is 2.76. The summed E-state index contributed by atoms with van der Waals surface area (Å²) in [5.74, 6) is -1.48. The van der Waals surface area contributed by atoms with Gasteiger partial charge in [0.2, 0.25) is 0 Å². The van der Waals surface area contributed by atoms with Crippen LogP contribution in [0.4, 0.5) is 5.69 Å². The first-order valence-corrected chi connectivity index (χ1v) is 8.25. The maximum absolute atomic E-state index is 12.7. The Kier molecular flexibility index (Phi) is 4.67. The monoisotopic (exact) mass is 351 g/mol. The molecule has 0 radical (unpaired) electrons. The number of carbonyl (C=O) groups is 4. The van der Waals surface area contributed by atoms with E-state index in [0.29, 0.717) is 22.4 Å². The average molecular weight is 351 g/mol. The zero-order valence-corrected chi connectivity index (χ0v) is 14.4. The molecule has 3 rings (SSSR count). The second-order valence-corrected chi connectivity index (χ2v) is 5.94. The van der Waals surface area contributed by atoms with Gasteiger partial charge >= 0.3 is 5.97 Å². The number of hydrogen-bond acceptors (Lipinski definition) is 5. The molecule has 0 aromatic heterocycles. The molecule has 0 aliphatic heterocycles. The third-order valence-corrected chi connectivity index (χ3v) is 4.16. The molecular formula is C20H17NO5. The van der Waals surface area contributed by atoms with Crippen LogP contribution in [-0.2, 0) is 14.3 Å². The molecule has 1 aliphatic rings. The number of amides is 1. The van der Waals surface area contributed by atoms with Crippen molar-refractivity contribution in [3.63, 3.8) is 0 Å². The SMILES string of the molecule is CCC(=O)O[C@@H](C)C(=O)Nc1ccc2c(c1)C(=O)c1ccccc1C2=O. The second kappa shape index (κ2) is 6.92. The van der Waals surface area contributed by atoms with Crippen LogP contribution >= 0.6 is 0 Å². The zero-order chi connectivity index (χ0) is 18.8. The van der Waals surface area contributed by atoms with E-state index in [9.17, 15) is 19.2 Å². The van der Waals surface area contributed by atoms with Gasteiger partial charge in [0.1, 0.15) is 0 Å². The molecule has 2 aromatic carbocycles. The van der Waals surface area contributed by atoms with E-state index >= 15 is 0 Å². The standard InChI is InChI=1S/C20H17NO5/c1-3-17(22)26-11(2)20(25)21-12-8-9-15-16(10-12)19(24)14-7-5-4-6-13(14)18(15)23/h4-11H,3H2,1-2H3,(H,21,25)/t11-/m0/s1. The molecule has 0 bridgehead atoms. The van der Waals surface area contributed by atoms with Crippen molar-refractivity contribution in [1.29, 1.82) is 0 Å². The number of hydrogen-bond donors (Lipinski definition) is 1. The molecule has 1 atom stereocenters. The van der Waals surface area contributed by atoms with Gasteiger partial charge in [0, 0.05) is 34.4 Å². The van der Waals surface area contributed by atoms with Gasteiger partial charge in [-0.15, -0.1) is 0 Å². The van der Waals surface area contributed by atoms with E-state index in [2.05, 4.69) is 5.32 Å². The van der Waals surface area contributed by atoms with E-state index in [1.807, 2.05) is 0 Å². The Labute approximate surface area is 150 Å². The summed E-state index contributed by atoms with van der Waals surface area (Å²) in [6.07, 6.45) is -0.788. The number of esters is 1. The summed E-state index contributed by atoms with van der Waals surface area (Å²) in [5.41, 5.74) is 1.62. The molecule has 6 nitrogen and oxygen atoms in total. The van der Waals surface area contributed by atoms with Crippen LogP contribution in [0.3, 0.4) is 0 Å². The van der Waals surface area contributed by atoms with Gasteiger partial charge in [-0.05, 0) is 25.1 Å². The van der Waals surface area contributed by atoms with E-state index in [1.54, 1.807) is 37.3 Å². The molecule has 1 N–H and O–H groups in total. The molecule has 26 heavy (non-hydrogen) atoms. The minimum Gasteiger partial charge on any atom is -0.453 e. The number of ether oxygens (including phenoxy) is 1. The lowest BCUT2D eigenvalue weighted by Crippen LogP contribution is -2.30. The quantitative estimate of drug-likeness (QED) is 0.730. The molecule has 2 aromatic rings. The Morgan fingerprint density at radius 1 is 0.962 bits per heavy atom. The van der Waals surface area contributed by atoms with Crippen molar-refractivity contribution in [2.24, 2.45) is 0 Å². The lowest BCUT2D eigenvalue weighted by molar-refractivity contribution is -0.152. The summed E-state index contributed by atoms with van der Waals surface area (Å²) in [6, 6.07) is 11.2. The maximum atomic E-state index is 12.7. The highest BCUT2D eigenvalue weighted by molar-refractivity contribution is 6.28. The summed E-state index contributed by atoms with van der Waals surface area (Å²) in [6.45, 7) is 3.10. The van der Waals surface area contributed by atoms with Gasteiger partial charge in [0.25, 0.3) is 5.91 Å². The Hall–Kier alpha value is -3.28. The molecule has 0 saturated heterocycles. The van der Waals surface area contributed by atoms with Crippen LogP contribution in [0.25, 0.3) is 0 Å². The Morgan fingerprint density at radius 3 is 2.15 bits per heavy atom. The van der Waals surface area contributed by atoms with Crippen molar-refractivity contribution in [2.45, 2.75) is 26.4 Å². The first-order chi connectivity index (χ1) is 12.4. The highest BCUT2D eigenvalue weighted by Crippen LogP contribution is 2.29. The van der Waals surface area contributed by atoms with Crippen LogP contribution in [0.15, 0.2) is 42.5 Å². The van der Waals surface area contributed by atoms with Gasteiger partial charge in [0.15, 0.2) is 17.7 Å². The molecule has 1 amide bonds. The first-order valence-electron chi connectivity index (χ1n) is 8.25. The minimum absolute atomic E-state index is 0.173. The van der Waals surface area contributed by atoms with Gasteiger partial charge in [-0.25, -0.2) is 0 Å². The van der Waals surface area contributed by atoms with Gasteiger partial charge in [-0.2, -0.15) is 0 Å². The van der Waals surface area contributed by atoms with E-state index in [1.165, 1.54) is 19.1 Å². The molecule has 6 heteroatoms. The largest absolute Gasteiger partial charge is 0.453 e. The Bertz CT molecular complexity index is 932. The third kappa shape index (κ3) is 3.13. The molecule has 132 valence electrons. The molecule has 0 heterocycles. The summed E-state index contributed by atoms with van der Waals surface area (Å²) in [4.78, 5) is 48.6. The van der Waals surface area contributed by atoms with Crippen LogP contribution in [0.1, 0.15) is 52.1 Å². The lowest BCUT2D eigenvalue weighted by atomic mass is 9.84.